The minimum Gasteiger partial charge on any atom is -0.450 e. The van der Waals surface area contributed by atoms with Gasteiger partial charge >= 0.3 is 6.09 Å². The zero-order valence-electron chi connectivity index (χ0n) is 15.5. The number of hydrogen-bond acceptors (Lipinski definition) is 8. The van der Waals surface area contributed by atoms with Gasteiger partial charge in [-0.3, -0.25) is 19.8 Å². The Morgan fingerprint density at radius 3 is 2.64 bits per heavy atom. The third kappa shape index (κ3) is 4.67. The lowest BCUT2D eigenvalue weighted by Crippen LogP contribution is -2.45. The summed E-state index contributed by atoms with van der Waals surface area (Å²) in [5.74, 6) is -0.930. The summed E-state index contributed by atoms with van der Waals surface area (Å²) in [5, 5.41) is 2.90. The molecule has 0 saturated carbocycles. The smallest absolute Gasteiger partial charge is 0.413 e. The quantitative estimate of drug-likeness (QED) is 0.666. The van der Waals surface area contributed by atoms with Gasteiger partial charge in [0.15, 0.2) is 5.13 Å². The number of nitrogens with one attached hydrogen (secondary N) is 1. The first kappa shape index (κ1) is 20.7. The number of thiazole rings is 1. The third-order valence-electron chi connectivity index (χ3n) is 4.53. The zero-order chi connectivity index (χ0) is 20.3. The molecule has 28 heavy (non-hydrogen) atoms. The first-order valence-electron chi connectivity index (χ1n) is 9.03. The zero-order valence-corrected chi connectivity index (χ0v) is 17.1. The average Bonchev–Trinajstić information content (AvgIpc) is 3.02. The fourth-order valence-corrected chi connectivity index (χ4v) is 5.56. The summed E-state index contributed by atoms with van der Waals surface area (Å²) in [7, 11) is -3.64. The molecule has 1 saturated heterocycles. The summed E-state index contributed by atoms with van der Waals surface area (Å²) in [6.45, 7) is 2.23. The van der Waals surface area contributed by atoms with Crippen LogP contribution in [0.4, 0.5) is 9.93 Å². The minimum absolute atomic E-state index is 0.123. The first-order valence-corrected chi connectivity index (χ1v) is 11.5. The van der Waals surface area contributed by atoms with E-state index in [1.54, 1.807) is 6.92 Å². The number of carbonyl (C=O) groups excluding carboxylic acids is 3. The van der Waals surface area contributed by atoms with Gasteiger partial charge in [0.2, 0.25) is 21.8 Å². The summed E-state index contributed by atoms with van der Waals surface area (Å²) in [6.07, 6.45) is 0.890. The van der Waals surface area contributed by atoms with Crippen LogP contribution in [0.25, 0.3) is 0 Å². The van der Waals surface area contributed by atoms with E-state index in [1.165, 1.54) is 15.6 Å². The molecule has 3 rings (SSSR count). The van der Waals surface area contributed by atoms with Crippen molar-refractivity contribution in [3.8, 4) is 0 Å². The third-order valence-corrected chi connectivity index (χ3v) is 7.33. The van der Waals surface area contributed by atoms with Gasteiger partial charge < -0.3 is 4.74 Å². The summed E-state index contributed by atoms with van der Waals surface area (Å²) in [4.78, 5) is 41.3. The van der Waals surface area contributed by atoms with E-state index in [0.29, 0.717) is 18.0 Å². The number of sulfonamides is 1. The van der Waals surface area contributed by atoms with Crippen LogP contribution in [0.1, 0.15) is 36.8 Å². The number of amides is 3. The maximum atomic E-state index is 12.7. The highest BCUT2D eigenvalue weighted by atomic mass is 32.2. The summed E-state index contributed by atoms with van der Waals surface area (Å²) in [5.41, 5.74) is 0.754. The van der Waals surface area contributed by atoms with E-state index in [-0.39, 0.29) is 56.7 Å². The molecule has 154 valence electrons. The van der Waals surface area contributed by atoms with Gasteiger partial charge in [-0.2, -0.15) is 4.31 Å². The van der Waals surface area contributed by atoms with Crippen LogP contribution in [-0.2, 0) is 37.3 Å². The molecule has 2 aliphatic heterocycles. The van der Waals surface area contributed by atoms with E-state index in [4.69, 9.17) is 4.74 Å². The second-order valence-corrected chi connectivity index (χ2v) is 9.60. The number of piperidine rings is 1. The molecule has 1 fully saturated rings. The monoisotopic (exact) mass is 430 g/mol. The van der Waals surface area contributed by atoms with Crippen molar-refractivity contribution in [2.24, 2.45) is 0 Å². The van der Waals surface area contributed by atoms with E-state index in [0.717, 1.165) is 15.5 Å². The van der Waals surface area contributed by atoms with Crippen LogP contribution in [-0.4, -0.2) is 66.0 Å². The lowest BCUT2D eigenvalue weighted by atomic mass is 10.1. The number of likely N-dealkylation sites (tertiary alicyclic amines) is 1. The summed E-state index contributed by atoms with van der Waals surface area (Å²) in [6, 6.07) is 0. The molecule has 0 aromatic carbocycles. The first-order chi connectivity index (χ1) is 13.3. The fraction of sp³-hybridized carbons (Fsp3) is 0.625. The van der Waals surface area contributed by atoms with Gasteiger partial charge in [-0.25, -0.2) is 18.2 Å². The Hall–Kier alpha value is -2.05. The van der Waals surface area contributed by atoms with Gasteiger partial charge in [-0.15, -0.1) is 0 Å². The van der Waals surface area contributed by atoms with E-state index in [1.807, 2.05) is 0 Å². The molecule has 1 N–H and O–H groups in total. The standard InChI is InChI=1S/C16H22N4O6S2/c1-2-26-16(23)18-15-17-11-6-7-19(10-12(11)27-15)28(24,25)9-8-20-13(21)4-3-5-14(20)22/h2-10H2,1H3,(H,17,18,23). The van der Waals surface area contributed by atoms with Gasteiger partial charge in [0.1, 0.15) is 0 Å². The summed E-state index contributed by atoms with van der Waals surface area (Å²) >= 11 is 1.21. The topological polar surface area (TPSA) is 126 Å². The van der Waals surface area contributed by atoms with Gasteiger partial charge in [0.25, 0.3) is 0 Å². The second kappa shape index (κ2) is 8.53. The number of ether oxygens (including phenoxy) is 1. The Labute approximate surface area is 166 Å². The highest BCUT2D eigenvalue weighted by molar-refractivity contribution is 7.89. The van der Waals surface area contributed by atoms with Crippen LogP contribution in [0.15, 0.2) is 0 Å². The molecule has 1 aromatic heterocycles. The van der Waals surface area contributed by atoms with Crippen LogP contribution in [0.5, 0.6) is 0 Å². The largest absolute Gasteiger partial charge is 0.450 e. The SMILES string of the molecule is CCOC(=O)Nc1nc2c(s1)CN(S(=O)(=O)CCN1C(=O)CCCC1=O)CC2. The molecular weight excluding hydrogens is 408 g/mol. The Kier molecular flexibility index (Phi) is 6.30. The number of carbonyl (C=O) groups is 3. The van der Waals surface area contributed by atoms with E-state index in [9.17, 15) is 22.8 Å². The van der Waals surface area contributed by atoms with Crippen molar-refractivity contribution < 1.29 is 27.5 Å². The lowest BCUT2D eigenvalue weighted by molar-refractivity contribution is -0.147. The van der Waals surface area contributed by atoms with E-state index >= 15 is 0 Å². The van der Waals surface area contributed by atoms with Crippen molar-refractivity contribution in [3.63, 3.8) is 0 Å². The second-order valence-electron chi connectivity index (χ2n) is 6.43. The number of nitrogens with zero attached hydrogens (tertiary/aromatic N) is 3. The molecule has 0 radical (unpaired) electrons. The highest BCUT2D eigenvalue weighted by Gasteiger charge is 2.32. The average molecular weight is 431 g/mol. The van der Waals surface area contributed by atoms with Crippen LogP contribution in [0, 0.1) is 0 Å². The van der Waals surface area contributed by atoms with Crippen molar-refractivity contribution in [2.75, 3.05) is 30.8 Å². The molecular formula is C16H22N4O6S2. The molecule has 3 amide bonds. The predicted octanol–water partition coefficient (Wildman–Crippen LogP) is 0.938. The Bertz CT molecular complexity index is 866. The Morgan fingerprint density at radius 2 is 1.96 bits per heavy atom. The number of hydrogen-bond donors (Lipinski definition) is 1. The minimum atomic E-state index is -3.64. The van der Waals surface area contributed by atoms with Gasteiger partial charge in [0.05, 0.1) is 18.1 Å². The van der Waals surface area contributed by atoms with Crippen molar-refractivity contribution in [1.29, 1.82) is 0 Å². The fourth-order valence-electron chi connectivity index (χ4n) is 3.10. The lowest BCUT2D eigenvalue weighted by Gasteiger charge is -2.28. The molecule has 12 heteroatoms. The molecule has 0 atom stereocenters. The van der Waals surface area contributed by atoms with Crippen molar-refractivity contribution in [1.82, 2.24) is 14.2 Å². The molecule has 0 aliphatic carbocycles. The van der Waals surface area contributed by atoms with Gasteiger partial charge in [-0.05, 0) is 13.3 Å². The van der Waals surface area contributed by atoms with Crippen LogP contribution >= 0.6 is 11.3 Å². The summed E-state index contributed by atoms with van der Waals surface area (Å²) < 4.78 is 31.5. The molecule has 2 aliphatic rings. The van der Waals surface area contributed by atoms with Gasteiger partial charge in [-0.1, -0.05) is 11.3 Å². The number of imide groups is 1. The number of aromatic nitrogens is 1. The molecule has 0 spiro atoms. The van der Waals surface area contributed by atoms with Crippen LogP contribution in [0.3, 0.4) is 0 Å². The number of anilines is 1. The van der Waals surface area contributed by atoms with E-state index in [2.05, 4.69) is 10.3 Å². The molecule has 0 bridgehead atoms. The molecule has 10 nitrogen and oxygen atoms in total. The van der Waals surface area contributed by atoms with Crippen LogP contribution in [0.2, 0.25) is 0 Å². The van der Waals surface area contributed by atoms with Crippen LogP contribution < -0.4 is 5.32 Å². The van der Waals surface area contributed by atoms with Gasteiger partial charge in [0, 0.05) is 43.8 Å². The number of rotatable bonds is 6. The maximum Gasteiger partial charge on any atom is 0.413 e. The van der Waals surface area contributed by atoms with Crippen molar-refractivity contribution in [2.45, 2.75) is 39.2 Å². The highest BCUT2D eigenvalue weighted by Crippen LogP contribution is 2.29. The molecule has 1 aromatic rings. The molecule has 3 heterocycles. The van der Waals surface area contributed by atoms with E-state index < -0.39 is 16.1 Å². The molecule has 0 unspecified atom stereocenters. The van der Waals surface area contributed by atoms with Crippen molar-refractivity contribution >= 4 is 44.4 Å². The number of fused-ring (bicyclic) bond motifs is 1. The Morgan fingerprint density at radius 1 is 1.25 bits per heavy atom. The predicted molar refractivity (Wildman–Crippen MR) is 101 cm³/mol. The maximum absolute atomic E-state index is 12.7. The Balaban J connectivity index is 1.62. The normalized spacial score (nSPS) is 18.1. The van der Waals surface area contributed by atoms with Crippen molar-refractivity contribution in [3.05, 3.63) is 10.6 Å².